The molecule has 0 unspecified atom stereocenters. The summed E-state index contributed by atoms with van der Waals surface area (Å²) in [5, 5.41) is 22.1. The van der Waals surface area contributed by atoms with Crippen molar-refractivity contribution in [2.45, 2.75) is 76.5 Å². The number of imide groups is 2. The van der Waals surface area contributed by atoms with Gasteiger partial charge >= 0.3 is 12.2 Å². The lowest BCUT2D eigenvalue weighted by atomic mass is 10.0. The maximum absolute atomic E-state index is 12.6. The van der Waals surface area contributed by atoms with Gasteiger partial charge in [0, 0.05) is 0 Å². The number of benzene rings is 2. The lowest BCUT2D eigenvalue weighted by Crippen LogP contribution is -2.47. The first-order chi connectivity index (χ1) is 24.2. The lowest BCUT2D eigenvalue weighted by Gasteiger charge is -2.30. The molecule has 262 valence electrons. The summed E-state index contributed by atoms with van der Waals surface area (Å²) in [7, 11) is 0. The quantitative estimate of drug-likeness (QED) is 0.117. The predicted octanol–water partition coefficient (Wildman–Crippen LogP) is 5.55. The molecule has 2 aromatic carbocycles. The molecule has 4 atom stereocenters. The number of aromatic nitrogens is 4. The van der Waals surface area contributed by atoms with E-state index in [0.29, 0.717) is 25.9 Å². The summed E-state index contributed by atoms with van der Waals surface area (Å²) in [5.74, 6) is 0.492. The number of carbonyl (C=O) groups is 4. The number of hydrogen-bond acceptors (Lipinski definition) is 8. The highest BCUT2D eigenvalue weighted by molar-refractivity contribution is 5.94. The van der Waals surface area contributed by atoms with Crippen molar-refractivity contribution in [2.24, 2.45) is 0 Å². The van der Waals surface area contributed by atoms with Crippen LogP contribution in [-0.2, 0) is 9.59 Å². The fraction of sp³-hybridized carbons (Fsp3) is 0.389. The van der Waals surface area contributed by atoms with Crippen LogP contribution in [0.2, 0.25) is 0 Å². The van der Waals surface area contributed by atoms with E-state index < -0.39 is 36.1 Å². The minimum atomic E-state index is -1.35. The zero-order valence-corrected chi connectivity index (χ0v) is 28.1. The number of carbonyl (C=O) groups excluding carboxylic acids is 2. The van der Waals surface area contributed by atoms with Gasteiger partial charge in [-0.3, -0.25) is 30.0 Å². The molecular weight excluding hydrogens is 640 g/mol. The summed E-state index contributed by atoms with van der Waals surface area (Å²) in [5.41, 5.74) is 5.77. The van der Waals surface area contributed by atoms with Crippen molar-refractivity contribution >= 4 is 24.0 Å². The average Bonchev–Trinajstić information content (AvgIpc) is 3.92. The fourth-order valence-corrected chi connectivity index (χ4v) is 7.42. The molecule has 2 fully saturated rings. The van der Waals surface area contributed by atoms with Crippen molar-refractivity contribution in [3.05, 3.63) is 72.6 Å². The van der Waals surface area contributed by atoms with E-state index in [-0.39, 0.29) is 12.1 Å². The van der Waals surface area contributed by atoms with Crippen LogP contribution < -0.4 is 10.6 Å². The van der Waals surface area contributed by atoms with Crippen molar-refractivity contribution in [3.63, 3.8) is 0 Å². The maximum Gasteiger partial charge on any atom is 0.411 e. The number of aromatic amines is 2. The summed E-state index contributed by atoms with van der Waals surface area (Å²) in [4.78, 5) is 67.5. The zero-order valence-electron chi connectivity index (χ0n) is 28.1. The minimum absolute atomic E-state index is 0.104. The first-order valence-corrected chi connectivity index (χ1v) is 17.1. The van der Waals surface area contributed by atoms with E-state index >= 15 is 0 Å². The molecular formula is C36H42N8O6. The maximum atomic E-state index is 12.6. The number of H-pyrrole nitrogens is 2. The molecule has 14 nitrogen and oxygen atoms in total. The molecule has 2 aliphatic heterocycles. The number of rotatable bonds is 11. The molecule has 6 rings (SSSR count). The normalized spacial score (nSPS) is 19.2. The van der Waals surface area contributed by atoms with Crippen LogP contribution in [0.15, 0.2) is 60.9 Å². The van der Waals surface area contributed by atoms with Crippen LogP contribution in [0.1, 0.15) is 76.1 Å². The van der Waals surface area contributed by atoms with Crippen LogP contribution in [0.25, 0.3) is 33.6 Å². The Morgan fingerprint density at radius 2 is 1.04 bits per heavy atom. The molecule has 0 radical (unpaired) electrons. The number of nitrogens with zero attached hydrogens (tertiary/aromatic N) is 4. The third-order valence-corrected chi connectivity index (χ3v) is 9.78. The highest BCUT2D eigenvalue weighted by atomic mass is 16.4. The van der Waals surface area contributed by atoms with Gasteiger partial charge in [0.2, 0.25) is 11.8 Å². The van der Waals surface area contributed by atoms with E-state index in [4.69, 9.17) is 10.2 Å². The highest BCUT2D eigenvalue weighted by Crippen LogP contribution is 2.36. The van der Waals surface area contributed by atoms with Gasteiger partial charge in [0.1, 0.15) is 11.6 Å². The third-order valence-electron chi connectivity index (χ3n) is 9.78. The van der Waals surface area contributed by atoms with Crippen LogP contribution in [0, 0.1) is 0 Å². The van der Waals surface area contributed by atoms with Crippen molar-refractivity contribution < 1.29 is 29.4 Å². The largest absolute Gasteiger partial charge is 0.465 e. The second-order valence-electron chi connectivity index (χ2n) is 12.7. The predicted molar refractivity (Wildman–Crippen MR) is 185 cm³/mol. The van der Waals surface area contributed by atoms with Crippen molar-refractivity contribution in [3.8, 4) is 33.6 Å². The van der Waals surface area contributed by atoms with Crippen molar-refractivity contribution in [1.29, 1.82) is 0 Å². The smallest absolute Gasteiger partial charge is 0.411 e. The monoisotopic (exact) mass is 682 g/mol. The minimum Gasteiger partial charge on any atom is -0.465 e. The second kappa shape index (κ2) is 15.0. The summed E-state index contributed by atoms with van der Waals surface area (Å²) in [6.45, 7) is 5.13. The molecule has 2 aliphatic rings. The molecule has 2 aromatic heterocycles. The molecule has 50 heavy (non-hydrogen) atoms. The second-order valence-corrected chi connectivity index (χ2v) is 12.7. The molecule has 0 saturated carbocycles. The molecule has 4 amide bonds. The Balaban J connectivity index is 1.11. The van der Waals surface area contributed by atoms with E-state index in [0.717, 1.165) is 71.0 Å². The van der Waals surface area contributed by atoms with Gasteiger partial charge in [-0.1, -0.05) is 62.4 Å². The van der Waals surface area contributed by atoms with Crippen LogP contribution >= 0.6 is 0 Å². The summed E-state index contributed by atoms with van der Waals surface area (Å²) < 4.78 is 0. The van der Waals surface area contributed by atoms with Gasteiger partial charge < -0.3 is 20.2 Å². The SMILES string of the molecule is CC[C@@H](C(=O)NC(=O)O)N1CCC[C@H]1c1ncc(-c2ccc(-c3ccc(-c4cnc([C@@H]5CCCN5[C@@H](CC)C(=O)NC(=O)O)[nH]4)cc3)cc2)[nH]1. The number of likely N-dealkylation sites (tertiary alicyclic amines) is 2. The van der Waals surface area contributed by atoms with Crippen LogP contribution in [0.3, 0.4) is 0 Å². The van der Waals surface area contributed by atoms with E-state index in [1.807, 2.05) is 58.5 Å². The first kappa shape index (κ1) is 34.5. The van der Waals surface area contributed by atoms with E-state index in [1.54, 1.807) is 12.4 Å². The molecule has 0 aliphatic carbocycles. The molecule has 6 N–H and O–H groups in total. The van der Waals surface area contributed by atoms with Crippen LogP contribution in [-0.4, -0.2) is 89.1 Å². The fourth-order valence-electron chi connectivity index (χ4n) is 7.42. The number of hydrogen-bond donors (Lipinski definition) is 6. The van der Waals surface area contributed by atoms with Gasteiger partial charge in [-0.05, 0) is 73.9 Å². The van der Waals surface area contributed by atoms with Gasteiger partial charge in [0.05, 0.1) is 47.9 Å². The zero-order chi connectivity index (χ0) is 35.4. The third kappa shape index (κ3) is 7.31. The summed E-state index contributed by atoms with van der Waals surface area (Å²) >= 11 is 0. The van der Waals surface area contributed by atoms with Crippen LogP contribution in [0.5, 0.6) is 0 Å². The Labute approximate surface area is 289 Å². The van der Waals surface area contributed by atoms with Gasteiger partial charge in [-0.15, -0.1) is 0 Å². The molecule has 4 aromatic rings. The summed E-state index contributed by atoms with van der Waals surface area (Å²) in [6, 6.07) is 15.1. The number of amides is 4. The first-order valence-electron chi connectivity index (χ1n) is 17.1. The summed E-state index contributed by atoms with van der Waals surface area (Å²) in [6.07, 6.45) is 5.31. The Hall–Kier alpha value is -5.34. The molecule has 14 heteroatoms. The number of carboxylic acid groups (broad SMARTS) is 2. The average molecular weight is 683 g/mol. The van der Waals surface area contributed by atoms with Gasteiger partial charge in [-0.25, -0.2) is 19.6 Å². The van der Waals surface area contributed by atoms with E-state index in [9.17, 15) is 19.2 Å². The Bertz CT molecular complexity index is 1700. The van der Waals surface area contributed by atoms with Gasteiger partial charge in [-0.2, -0.15) is 0 Å². The highest BCUT2D eigenvalue weighted by Gasteiger charge is 2.38. The lowest BCUT2D eigenvalue weighted by molar-refractivity contribution is -0.127. The molecule has 2 saturated heterocycles. The Kier molecular flexibility index (Phi) is 10.4. The standard InChI is InChI=1S/C36H42N8O6/c1-3-27(33(45)41-35(47)48)43-17-5-7-29(43)31-37-19-25(39-31)23-13-9-21(10-14-23)22-11-15-24(16-12-22)26-20-38-32(40-26)30-8-6-18-44(30)28(4-2)34(46)42-36(49)50/h9-16,19-20,27-30H,3-8,17-18H2,1-2H3,(H,37,39)(H,38,40)(H,41,45)(H,42,46)(H,47,48)(H,49,50)/t27-,28-,29-,30-/m0/s1. The van der Waals surface area contributed by atoms with E-state index in [1.165, 1.54) is 0 Å². The number of nitrogens with one attached hydrogen (secondary N) is 4. The van der Waals surface area contributed by atoms with Gasteiger partial charge in [0.25, 0.3) is 0 Å². The Morgan fingerprint density at radius 3 is 1.38 bits per heavy atom. The Morgan fingerprint density at radius 1 is 0.680 bits per heavy atom. The molecule has 0 bridgehead atoms. The molecule has 4 heterocycles. The van der Waals surface area contributed by atoms with Crippen molar-refractivity contribution in [2.75, 3.05) is 13.1 Å². The topological polar surface area (TPSA) is 197 Å². The van der Waals surface area contributed by atoms with Crippen molar-refractivity contribution in [1.82, 2.24) is 40.4 Å². The van der Waals surface area contributed by atoms with E-state index in [2.05, 4.69) is 44.2 Å². The number of imidazole rings is 2. The van der Waals surface area contributed by atoms with Crippen LogP contribution in [0.4, 0.5) is 9.59 Å². The van der Waals surface area contributed by atoms with Gasteiger partial charge in [0.15, 0.2) is 0 Å². The molecule has 0 spiro atoms.